The van der Waals surface area contributed by atoms with E-state index < -0.39 is 0 Å². The van der Waals surface area contributed by atoms with Crippen LogP contribution in [0.4, 0.5) is 0 Å². The second kappa shape index (κ2) is 3.78. The van der Waals surface area contributed by atoms with Gasteiger partial charge in [-0.05, 0) is 26.2 Å². The number of amides is 1. The molecule has 0 aromatic heterocycles. The molecule has 3 nitrogen and oxygen atoms in total. The van der Waals surface area contributed by atoms with E-state index in [4.69, 9.17) is 0 Å². The van der Waals surface area contributed by atoms with Crippen LogP contribution in [0.1, 0.15) is 39.0 Å². The van der Waals surface area contributed by atoms with Crippen LogP contribution >= 0.6 is 0 Å². The molecule has 0 atom stereocenters. The summed E-state index contributed by atoms with van der Waals surface area (Å²) in [4.78, 5) is 12.0. The summed E-state index contributed by atoms with van der Waals surface area (Å²) in [5.41, 5.74) is -0.0378. The van der Waals surface area contributed by atoms with Gasteiger partial charge in [-0.3, -0.25) is 4.79 Å². The number of carbonyl (C=O) groups excluding carboxylic acids is 1. The van der Waals surface area contributed by atoms with Crippen LogP contribution in [0.15, 0.2) is 0 Å². The number of nitrogens with one attached hydrogen (secondary N) is 1. The second-order valence-electron chi connectivity index (χ2n) is 5.08. The topological polar surface area (TPSA) is 29.1 Å². The summed E-state index contributed by atoms with van der Waals surface area (Å²) in [6.45, 7) is 5.79. The lowest BCUT2D eigenvalue weighted by Crippen LogP contribution is -2.64. The molecule has 1 saturated heterocycles. The van der Waals surface area contributed by atoms with Crippen LogP contribution in [0, 0.1) is 0 Å². The minimum Gasteiger partial charge on any atom is -0.354 e. The van der Waals surface area contributed by atoms with Crippen LogP contribution in [0.25, 0.3) is 0 Å². The van der Waals surface area contributed by atoms with Gasteiger partial charge in [0.2, 0.25) is 0 Å². The Morgan fingerprint density at radius 2 is 1.87 bits per heavy atom. The lowest BCUT2D eigenvalue weighted by Gasteiger charge is -2.46. The third-order valence-corrected chi connectivity index (χ3v) is 4.56. The Hall–Kier alpha value is -0.570. The molecule has 1 aliphatic heterocycles. The van der Waals surface area contributed by atoms with Gasteiger partial charge in [-0.25, -0.2) is 0 Å². The summed E-state index contributed by atoms with van der Waals surface area (Å²) in [6, 6.07) is 0. The zero-order chi connectivity index (χ0) is 10.9. The van der Waals surface area contributed by atoms with Gasteiger partial charge in [0.05, 0.1) is 19.6 Å². The predicted octanol–water partition coefficient (Wildman–Crippen LogP) is 1.29. The number of carbonyl (C=O) groups is 1. The highest BCUT2D eigenvalue weighted by atomic mass is 16.2. The van der Waals surface area contributed by atoms with Crippen molar-refractivity contribution < 1.29 is 9.28 Å². The van der Waals surface area contributed by atoms with Gasteiger partial charge in [0.1, 0.15) is 0 Å². The van der Waals surface area contributed by atoms with E-state index in [0.29, 0.717) is 0 Å². The van der Waals surface area contributed by atoms with Gasteiger partial charge in [0.25, 0.3) is 5.91 Å². The highest BCUT2D eigenvalue weighted by molar-refractivity contribution is 5.87. The first-order valence-corrected chi connectivity index (χ1v) is 6.29. The number of likely N-dealkylation sites (N-methyl/N-ethyl adjacent to an activating group) is 2. The third kappa shape index (κ3) is 1.48. The summed E-state index contributed by atoms with van der Waals surface area (Å²) >= 11 is 0. The minimum atomic E-state index is -0.0378. The predicted molar refractivity (Wildman–Crippen MR) is 60.4 cm³/mol. The molecule has 0 unspecified atom stereocenters. The van der Waals surface area contributed by atoms with E-state index >= 15 is 0 Å². The standard InChI is InChI=1S/C12H22N2O/c1-3-14(9-5-4-6-10-14)12(7-8-12)11(15)13-2/h3-10H2,1-2H3/p+1. The molecule has 1 N–H and O–H groups in total. The fraction of sp³-hybridized carbons (Fsp3) is 0.917. The van der Waals surface area contributed by atoms with Crippen molar-refractivity contribution in [2.24, 2.45) is 0 Å². The van der Waals surface area contributed by atoms with E-state index in [1.807, 2.05) is 0 Å². The van der Waals surface area contributed by atoms with Crippen LogP contribution in [0.3, 0.4) is 0 Å². The SMILES string of the molecule is CC[N+]1(C2(C(=O)NC)CC2)CCCCC1. The van der Waals surface area contributed by atoms with E-state index in [-0.39, 0.29) is 11.4 Å². The first-order chi connectivity index (χ1) is 7.21. The fourth-order valence-electron chi connectivity index (χ4n) is 3.43. The highest BCUT2D eigenvalue weighted by Gasteiger charge is 2.64. The molecule has 2 rings (SSSR count). The summed E-state index contributed by atoms with van der Waals surface area (Å²) in [5.74, 6) is 0.284. The Labute approximate surface area is 92.4 Å². The zero-order valence-electron chi connectivity index (χ0n) is 10.0. The molecule has 1 saturated carbocycles. The smallest absolute Gasteiger partial charge is 0.281 e. The summed E-state index contributed by atoms with van der Waals surface area (Å²) < 4.78 is 1.06. The van der Waals surface area contributed by atoms with Gasteiger partial charge in [0, 0.05) is 19.9 Å². The van der Waals surface area contributed by atoms with Crippen molar-refractivity contribution in [1.82, 2.24) is 5.32 Å². The first-order valence-electron chi connectivity index (χ1n) is 6.29. The summed E-state index contributed by atoms with van der Waals surface area (Å²) in [6.07, 6.45) is 6.14. The first kappa shape index (κ1) is 10.9. The Kier molecular flexibility index (Phi) is 2.75. The fourth-order valence-corrected chi connectivity index (χ4v) is 3.43. The molecule has 0 bridgehead atoms. The molecule has 1 amide bonds. The molecule has 15 heavy (non-hydrogen) atoms. The molecule has 0 spiro atoms. The van der Waals surface area contributed by atoms with Crippen LogP contribution in [-0.4, -0.2) is 42.6 Å². The molecule has 86 valence electrons. The molecule has 1 heterocycles. The Morgan fingerprint density at radius 3 is 2.27 bits per heavy atom. The summed E-state index contributed by atoms with van der Waals surface area (Å²) in [5, 5.41) is 2.87. The normalized spacial score (nSPS) is 27.1. The number of hydrogen-bond acceptors (Lipinski definition) is 1. The van der Waals surface area contributed by atoms with Crippen LogP contribution in [0.5, 0.6) is 0 Å². The van der Waals surface area contributed by atoms with Crippen molar-refractivity contribution in [3.05, 3.63) is 0 Å². The van der Waals surface area contributed by atoms with E-state index in [9.17, 15) is 4.79 Å². The van der Waals surface area contributed by atoms with Gasteiger partial charge in [-0.1, -0.05) is 0 Å². The zero-order valence-corrected chi connectivity index (χ0v) is 10.0. The number of quaternary nitrogens is 1. The van der Waals surface area contributed by atoms with Crippen molar-refractivity contribution >= 4 is 5.91 Å². The van der Waals surface area contributed by atoms with Crippen LogP contribution < -0.4 is 5.32 Å². The maximum absolute atomic E-state index is 12.0. The lowest BCUT2D eigenvalue weighted by molar-refractivity contribution is -0.955. The van der Waals surface area contributed by atoms with E-state index in [0.717, 1.165) is 23.9 Å². The van der Waals surface area contributed by atoms with Crippen molar-refractivity contribution in [2.75, 3.05) is 26.7 Å². The van der Waals surface area contributed by atoms with Gasteiger partial charge >= 0.3 is 0 Å². The lowest BCUT2D eigenvalue weighted by atomic mass is 10.0. The largest absolute Gasteiger partial charge is 0.354 e. The number of piperidine rings is 1. The minimum absolute atomic E-state index is 0.0378. The maximum Gasteiger partial charge on any atom is 0.281 e. The average molecular weight is 211 g/mol. The Bertz CT molecular complexity index is 252. The van der Waals surface area contributed by atoms with E-state index in [2.05, 4.69) is 12.2 Å². The maximum atomic E-state index is 12.0. The molecule has 2 fully saturated rings. The summed E-state index contributed by atoms with van der Waals surface area (Å²) in [7, 11) is 1.78. The van der Waals surface area contributed by atoms with Gasteiger partial charge in [-0.2, -0.15) is 0 Å². The molecular weight excluding hydrogens is 188 g/mol. The number of rotatable bonds is 3. The van der Waals surface area contributed by atoms with Gasteiger partial charge in [0.15, 0.2) is 5.54 Å². The highest BCUT2D eigenvalue weighted by Crippen LogP contribution is 2.48. The molecule has 2 aliphatic rings. The second-order valence-corrected chi connectivity index (χ2v) is 5.08. The number of nitrogens with zero attached hydrogens (tertiary/aromatic N) is 1. The van der Waals surface area contributed by atoms with Gasteiger partial charge in [-0.15, -0.1) is 0 Å². The molecule has 1 aliphatic carbocycles. The van der Waals surface area contributed by atoms with Crippen molar-refractivity contribution in [3.63, 3.8) is 0 Å². The van der Waals surface area contributed by atoms with Crippen molar-refractivity contribution in [2.45, 2.75) is 44.6 Å². The molecule has 0 radical (unpaired) electrons. The Morgan fingerprint density at radius 1 is 1.27 bits per heavy atom. The quantitative estimate of drug-likeness (QED) is 0.700. The molecule has 3 heteroatoms. The van der Waals surface area contributed by atoms with Crippen LogP contribution in [0.2, 0.25) is 0 Å². The number of likely N-dealkylation sites (tertiary alicyclic amines) is 1. The monoisotopic (exact) mass is 211 g/mol. The van der Waals surface area contributed by atoms with Gasteiger partial charge < -0.3 is 9.80 Å². The van der Waals surface area contributed by atoms with E-state index in [1.54, 1.807) is 7.05 Å². The van der Waals surface area contributed by atoms with E-state index in [1.165, 1.54) is 32.4 Å². The molecule has 0 aromatic carbocycles. The molecule has 0 aromatic rings. The van der Waals surface area contributed by atoms with Crippen molar-refractivity contribution in [1.29, 1.82) is 0 Å². The number of hydrogen-bond donors (Lipinski definition) is 1. The van der Waals surface area contributed by atoms with Crippen molar-refractivity contribution in [3.8, 4) is 0 Å². The van der Waals surface area contributed by atoms with Crippen LogP contribution in [-0.2, 0) is 4.79 Å². The third-order valence-electron chi connectivity index (χ3n) is 4.56. The molecular formula is C12H23N2O+. The average Bonchev–Trinajstić information content (AvgIpc) is 3.10. The Balaban J connectivity index is 2.21.